The second-order valence-electron chi connectivity index (χ2n) is 6.53. The Balaban J connectivity index is 1.78. The molecule has 5 aromatic rings. The molecule has 0 saturated heterocycles. The molecule has 0 spiro atoms. The van der Waals surface area contributed by atoms with E-state index in [9.17, 15) is 9.18 Å². The van der Waals surface area contributed by atoms with Crippen LogP contribution in [-0.2, 0) is 0 Å². The van der Waals surface area contributed by atoms with Crippen LogP contribution in [0.15, 0.2) is 84.9 Å². The van der Waals surface area contributed by atoms with Crippen molar-refractivity contribution in [2.45, 2.75) is 0 Å². The summed E-state index contributed by atoms with van der Waals surface area (Å²) >= 11 is 0. The van der Waals surface area contributed by atoms with Gasteiger partial charge in [0.1, 0.15) is 5.82 Å². The van der Waals surface area contributed by atoms with E-state index in [2.05, 4.69) is 4.98 Å². The van der Waals surface area contributed by atoms with E-state index in [-0.39, 0.29) is 11.6 Å². The molecule has 0 bridgehead atoms. The van der Waals surface area contributed by atoms with Crippen molar-refractivity contribution in [1.82, 2.24) is 4.98 Å². The van der Waals surface area contributed by atoms with Crippen LogP contribution in [0.2, 0.25) is 0 Å². The molecule has 0 amide bonds. The van der Waals surface area contributed by atoms with E-state index in [1.165, 1.54) is 6.07 Å². The molecule has 0 atom stereocenters. The molecule has 0 N–H and O–H groups in total. The van der Waals surface area contributed by atoms with Gasteiger partial charge in [0.05, 0.1) is 11.0 Å². The van der Waals surface area contributed by atoms with Crippen LogP contribution in [0.3, 0.4) is 0 Å². The number of halogens is 1. The zero-order valence-corrected chi connectivity index (χ0v) is 14.3. The van der Waals surface area contributed by atoms with Gasteiger partial charge in [-0.1, -0.05) is 60.7 Å². The minimum Gasteiger partial charge on any atom is -0.289 e. The van der Waals surface area contributed by atoms with Gasteiger partial charge in [-0.15, -0.1) is 0 Å². The fourth-order valence-electron chi connectivity index (χ4n) is 3.60. The number of fused-ring (bicyclic) bond motifs is 3. The first-order valence-electron chi connectivity index (χ1n) is 8.73. The summed E-state index contributed by atoms with van der Waals surface area (Å²) in [6.07, 6.45) is 0. The van der Waals surface area contributed by atoms with E-state index in [1.807, 2.05) is 54.6 Å². The van der Waals surface area contributed by atoms with Gasteiger partial charge < -0.3 is 0 Å². The average molecular weight is 351 g/mol. The molecule has 128 valence electrons. The fraction of sp³-hybridized carbons (Fsp3) is 0. The summed E-state index contributed by atoms with van der Waals surface area (Å²) in [7, 11) is 0. The Bertz CT molecular complexity index is 1350. The Morgan fingerprint density at radius 2 is 1.41 bits per heavy atom. The van der Waals surface area contributed by atoms with Crippen LogP contribution in [0.1, 0.15) is 15.9 Å². The van der Waals surface area contributed by atoms with Crippen molar-refractivity contribution in [1.29, 1.82) is 0 Å². The van der Waals surface area contributed by atoms with Gasteiger partial charge in [-0.25, -0.2) is 9.37 Å². The van der Waals surface area contributed by atoms with Crippen molar-refractivity contribution in [2.75, 3.05) is 0 Å². The summed E-state index contributed by atoms with van der Waals surface area (Å²) in [4.78, 5) is 18.0. The number of rotatable bonds is 2. The number of ketones is 1. The van der Waals surface area contributed by atoms with Crippen molar-refractivity contribution in [2.24, 2.45) is 0 Å². The SMILES string of the molecule is O=C(c1cccc2ccccc12)c1cccc2cc3c(F)cccc3nc12. The van der Waals surface area contributed by atoms with Gasteiger partial charge in [0.25, 0.3) is 0 Å². The minimum atomic E-state index is -0.312. The number of pyridine rings is 1. The summed E-state index contributed by atoms with van der Waals surface area (Å²) in [5.74, 6) is -0.395. The van der Waals surface area contributed by atoms with Gasteiger partial charge in [-0.3, -0.25) is 4.79 Å². The van der Waals surface area contributed by atoms with Crippen LogP contribution < -0.4 is 0 Å². The number of benzene rings is 4. The number of para-hydroxylation sites is 1. The van der Waals surface area contributed by atoms with Crippen LogP contribution in [0.5, 0.6) is 0 Å². The first-order chi connectivity index (χ1) is 13.2. The maximum absolute atomic E-state index is 14.1. The highest BCUT2D eigenvalue weighted by Crippen LogP contribution is 2.27. The lowest BCUT2D eigenvalue weighted by atomic mass is 9.95. The lowest BCUT2D eigenvalue weighted by Crippen LogP contribution is -2.04. The maximum Gasteiger partial charge on any atom is 0.195 e. The molecule has 0 radical (unpaired) electrons. The Morgan fingerprint density at radius 1 is 0.704 bits per heavy atom. The molecule has 1 heterocycles. The Hall–Kier alpha value is -3.59. The summed E-state index contributed by atoms with van der Waals surface area (Å²) in [6, 6.07) is 25.6. The van der Waals surface area contributed by atoms with Crippen molar-refractivity contribution >= 4 is 38.4 Å². The van der Waals surface area contributed by atoms with Gasteiger partial charge in [-0.2, -0.15) is 0 Å². The second-order valence-corrected chi connectivity index (χ2v) is 6.53. The highest BCUT2D eigenvalue weighted by Gasteiger charge is 2.16. The molecular weight excluding hydrogens is 337 g/mol. The van der Waals surface area contributed by atoms with Crippen LogP contribution in [-0.4, -0.2) is 10.8 Å². The summed E-state index contributed by atoms with van der Waals surface area (Å²) in [6.45, 7) is 0. The smallest absolute Gasteiger partial charge is 0.195 e. The molecule has 0 unspecified atom stereocenters. The first-order valence-corrected chi connectivity index (χ1v) is 8.73. The van der Waals surface area contributed by atoms with Gasteiger partial charge in [-0.05, 0) is 35.0 Å². The molecule has 0 fully saturated rings. The predicted octanol–water partition coefficient (Wildman–Crippen LogP) is 5.91. The van der Waals surface area contributed by atoms with Crippen molar-refractivity contribution < 1.29 is 9.18 Å². The second kappa shape index (κ2) is 5.99. The van der Waals surface area contributed by atoms with Crippen molar-refractivity contribution in [3.05, 3.63) is 102 Å². The molecule has 2 nitrogen and oxygen atoms in total. The van der Waals surface area contributed by atoms with E-state index in [0.717, 1.165) is 16.2 Å². The third-order valence-corrected chi connectivity index (χ3v) is 4.91. The Morgan fingerprint density at radius 3 is 2.30 bits per heavy atom. The molecule has 3 heteroatoms. The average Bonchev–Trinajstić information content (AvgIpc) is 2.71. The van der Waals surface area contributed by atoms with Gasteiger partial charge in [0, 0.05) is 21.9 Å². The summed E-state index contributed by atoms with van der Waals surface area (Å²) < 4.78 is 14.1. The molecule has 0 aliphatic rings. The van der Waals surface area contributed by atoms with Crippen LogP contribution in [0, 0.1) is 5.82 Å². The van der Waals surface area contributed by atoms with E-state index in [1.54, 1.807) is 24.3 Å². The fourth-order valence-corrected chi connectivity index (χ4v) is 3.60. The first kappa shape index (κ1) is 15.6. The molecule has 4 aromatic carbocycles. The summed E-state index contributed by atoms with van der Waals surface area (Å²) in [5.41, 5.74) is 2.30. The van der Waals surface area contributed by atoms with Crippen LogP contribution >= 0.6 is 0 Å². The largest absolute Gasteiger partial charge is 0.289 e. The number of nitrogens with zero attached hydrogens (tertiary/aromatic N) is 1. The molecule has 27 heavy (non-hydrogen) atoms. The zero-order chi connectivity index (χ0) is 18.4. The van der Waals surface area contributed by atoms with Crippen molar-refractivity contribution in [3.63, 3.8) is 0 Å². The monoisotopic (exact) mass is 351 g/mol. The lowest BCUT2D eigenvalue weighted by Gasteiger charge is -2.09. The van der Waals surface area contributed by atoms with Crippen LogP contribution in [0.4, 0.5) is 4.39 Å². The Labute approximate surface area is 154 Å². The van der Waals surface area contributed by atoms with E-state index >= 15 is 0 Å². The van der Waals surface area contributed by atoms with E-state index in [0.29, 0.717) is 27.5 Å². The number of hydrogen-bond acceptors (Lipinski definition) is 2. The Kier molecular flexibility index (Phi) is 3.47. The van der Waals surface area contributed by atoms with Crippen LogP contribution in [0.25, 0.3) is 32.6 Å². The third kappa shape index (κ3) is 2.48. The van der Waals surface area contributed by atoms with E-state index < -0.39 is 0 Å². The highest BCUT2D eigenvalue weighted by atomic mass is 19.1. The third-order valence-electron chi connectivity index (χ3n) is 4.91. The topological polar surface area (TPSA) is 30.0 Å². The summed E-state index contributed by atoms with van der Waals surface area (Å²) in [5, 5.41) is 3.14. The van der Waals surface area contributed by atoms with Gasteiger partial charge in [0.15, 0.2) is 5.78 Å². The number of hydrogen-bond donors (Lipinski definition) is 0. The maximum atomic E-state index is 14.1. The van der Waals surface area contributed by atoms with E-state index in [4.69, 9.17) is 0 Å². The molecule has 1 aromatic heterocycles. The molecular formula is C24H14FNO. The molecule has 5 rings (SSSR count). The molecule has 0 aliphatic carbocycles. The lowest BCUT2D eigenvalue weighted by molar-refractivity contribution is 0.104. The van der Waals surface area contributed by atoms with Gasteiger partial charge >= 0.3 is 0 Å². The minimum absolute atomic E-state index is 0.0827. The van der Waals surface area contributed by atoms with Gasteiger partial charge in [0.2, 0.25) is 0 Å². The quantitative estimate of drug-likeness (QED) is 0.292. The number of carbonyl (C=O) groups is 1. The highest BCUT2D eigenvalue weighted by molar-refractivity contribution is 6.21. The molecule has 0 aliphatic heterocycles. The zero-order valence-electron chi connectivity index (χ0n) is 14.3. The normalized spacial score (nSPS) is 11.3. The number of carbonyl (C=O) groups excluding carboxylic acids is 1. The molecule has 0 saturated carbocycles. The number of aromatic nitrogens is 1. The van der Waals surface area contributed by atoms with Crippen molar-refractivity contribution in [3.8, 4) is 0 Å². The predicted molar refractivity (Wildman–Crippen MR) is 107 cm³/mol. The standard InChI is InChI=1S/C24H14FNO/c25-21-12-5-13-22-20(21)14-16-8-4-11-19(23(16)26-22)24(27)18-10-3-7-15-6-1-2-9-17(15)18/h1-14H.